The van der Waals surface area contributed by atoms with Crippen LogP contribution in [-0.2, 0) is 4.79 Å². The van der Waals surface area contributed by atoms with Gasteiger partial charge in [-0.05, 0) is 66.2 Å². The summed E-state index contributed by atoms with van der Waals surface area (Å²) in [4.78, 5) is 27.3. The Morgan fingerprint density at radius 3 is 2.18 bits per heavy atom. The number of carbonyl (C=O) groups is 2. The zero-order valence-corrected chi connectivity index (χ0v) is 21.2. The Morgan fingerprint density at radius 2 is 1.56 bits per heavy atom. The fourth-order valence-corrected chi connectivity index (χ4v) is 5.34. The molecule has 3 aromatic carbocycles. The van der Waals surface area contributed by atoms with E-state index in [0.29, 0.717) is 27.0 Å². The summed E-state index contributed by atoms with van der Waals surface area (Å²) >= 11 is 31.2. The summed E-state index contributed by atoms with van der Waals surface area (Å²) in [5, 5.41) is 3.75. The number of amides is 2. The Morgan fingerprint density at radius 1 is 0.941 bits per heavy atom. The van der Waals surface area contributed by atoms with E-state index in [9.17, 15) is 14.0 Å². The van der Waals surface area contributed by atoms with Crippen molar-refractivity contribution in [3.8, 4) is 0 Å². The lowest BCUT2D eigenvalue weighted by molar-refractivity contribution is -0.117. The van der Waals surface area contributed by atoms with Gasteiger partial charge in [0.1, 0.15) is 10.2 Å². The number of carbonyl (C=O) groups excluding carboxylic acids is 2. The van der Waals surface area contributed by atoms with Crippen molar-refractivity contribution in [2.45, 2.75) is 10.3 Å². The zero-order chi connectivity index (χ0) is 24.8. The van der Waals surface area contributed by atoms with Crippen LogP contribution in [0.3, 0.4) is 0 Å². The molecule has 4 nitrogen and oxygen atoms in total. The number of alkyl halides is 2. The number of hydrogen-bond donors (Lipinski definition) is 1. The van der Waals surface area contributed by atoms with Crippen molar-refractivity contribution in [1.82, 2.24) is 0 Å². The fourth-order valence-electron chi connectivity index (χ4n) is 3.77. The molecule has 0 aromatic heterocycles. The molecule has 34 heavy (non-hydrogen) atoms. The van der Waals surface area contributed by atoms with E-state index in [1.54, 1.807) is 24.3 Å². The van der Waals surface area contributed by atoms with Crippen LogP contribution in [0.4, 0.5) is 15.8 Å². The van der Waals surface area contributed by atoms with Gasteiger partial charge in [0.2, 0.25) is 5.91 Å². The van der Waals surface area contributed by atoms with E-state index in [1.807, 2.05) is 0 Å². The molecule has 0 unspecified atom stereocenters. The third-order valence-corrected chi connectivity index (χ3v) is 7.27. The summed E-state index contributed by atoms with van der Waals surface area (Å²) in [7, 11) is 1.54. The molecule has 0 heterocycles. The molecular formula is C24H16Cl5FN2O2. The van der Waals surface area contributed by atoms with Crippen LogP contribution in [0.25, 0.3) is 0 Å². The van der Waals surface area contributed by atoms with Crippen molar-refractivity contribution >= 4 is 81.2 Å². The van der Waals surface area contributed by atoms with Crippen molar-refractivity contribution in [2.75, 3.05) is 17.3 Å². The van der Waals surface area contributed by atoms with Crippen LogP contribution in [0.5, 0.6) is 0 Å². The smallest absolute Gasteiger partial charge is 0.259 e. The molecule has 1 aliphatic carbocycles. The summed E-state index contributed by atoms with van der Waals surface area (Å²) in [6.07, 6.45) is 0. The zero-order valence-electron chi connectivity index (χ0n) is 17.5. The van der Waals surface area contributed by atoms with E-state index in [0.717, 1.165) is 0 Å². The third kappa shape index (κ3) is 5.00. The Kier molecular flexibility index (Phi) is 7.05. The van der Waals surface area contributed by atoms with Gasteiger partial charge in [-0.3, -0.25) is 9.59 Å². The summed E-state index contributed by atoms with van der Waals surface area (Å²) in [6.45, 7) is 0. The topological polar surface area (TPSA) is 49.4 Å². The highest BCUT2D eigenvalue weighted by Gasteiger charge is 2.67. The van der Waals surface area contributed by atoms with Crippen molar-refractivity contribution in [2.24, 2.45) is 5.92 Å². The predicted molar refractivity (Wildman–Crippen MR) is 136 cm³/mol. The predicted octanol–water partition coefficient (Wildman–Crippen LogP) is 7.59. The molecule has 2 amide bonds. The second-order valence-electron chi connectivity index (χ2n) is 7.86. The molecule has 10 heteroatoms. The fraction of sp³-hybridized carbons (Fsp3) is 0.167. The van der Waals surface area contributed by atoms with Gasteiger partial charge in [-0.15, -0.1) is 23.2 Å². The van der Waals surface area contributed by atoms with Gasteiger partial charge in [0.05, 0.1) is 16.5 Å². The third-order valence-electron chi connectivity index (χ3n) is 5.56. The lowest BCUT2D eigenvalue weighted by atomic mass is 10.1. The molecule has 1 aliphatic rings. The van der Waals surface area contributed by atoms with Crippen LogP contribution < -0.4 is 10.2 Å². The monoisotopic (exact) mass is 558 g/mol. The molecule has 0 aliphatic heterocycles. The second kappa shape index (κ2) is 9.56. The quantitative estimate of drug-likeness (QED) is 0.327. The van der Waals surface area contributed by atoms with Gasteiger partial charge in [0.25, 0.3) is 5.91 Å². The van der Waals surface area contributed by atoms with E-state index < -0.39 is 33.8 Å². The second-order valence-corrected chi connectivity index (χ2v) is 10.6. The summed E-state index contributed by atoms with van der Waals surface area (Å²) < 4.78 is 11.9. The number of anilines is 2. The Hall–Kier alpha value is -2.02. The lowest BCUT2D eigenvalue weighted by Gasteiger charge is -2.18. The van der Waals surface area contributed by atoms with Gasteiger partial charge >= 0.3 is 0 Å². The molecule has 1 saturated carbocycles. The van der Waals surface area contributed by atoms with Crippen LogP contribution >= 0.6 is 58.0 Å². The molecule has 0 spiro atoms. The van der Waals surface area contributed by atoms with Crippen LogP contribution in [0.2, 0.25) is 15.1 Å². The van der Waals surface area contributed by atoms with Crippen LogP contribution in [0.15, 0.2) is 60.7 Å². The number of nitrogens with one attached hydrogen (secondary N) is 1. The summed E-state index contributed by atoms with van der Waals surface area (Å²) in [6, 6.07) is 14.9. The maximum atomic E-state index is 13.2. The first-order valence-corrected chi connectivity index (χ1v) is 11.9. The molecule has 0 radical (unpaired) electrons. The number of rotatable bonds is 5. The van der Waals surface area contributed by atoms with Gasteiger partial charge in [-0.2, -0.15) is 0 Å². The van der Waals surface area contributed by atoms with Crippen LogP contribution in [0.1, 0.15) is 21.8 Å². The number of halogens is 6. The van der Waals surface area contributed by atoms with Gasteiger partial charge in [0, 0.05) is 34.4 Å². The van der Waals surface area contributed by atoms with Crippen LogP contribution in [0, 0.1) is 11.7 Å². The van der Waals surface area contributed by atoms with E-state index in [-0.39, 0.29) is 10.6 Å². The minimum Gasteiger partial charge on any atom is -0.326 e. The van der Waals surface area contributed by atoms with Crippen molar-refractivity contribution in [3.05, 3.63) is 92.7 Å². The normalized spacial score (nSPS) is 18.3. The molecular weight excluding hydrogens is 545 g/mol. The largest absolute Gasteiger partial charge is 0.326 e. The van der Waals surface area contributed by atoms with E-state index in [1.165, 1.54) is 48.3 Å². The molecule has 176 valence electrons. The van der Waals surface area contributed by atoms with Gasteiger partial charge < -0.3 is 10.2 Å². The van der Waals surface area contributed by atoms with Crippen molar-refractivity contribution in [1.29, 1.82) is 0 Å². The summed E-state index contributed by atoms with van der Waals surface area (Å²) in [5.41, 5.74) is 1.62. The van der Waals surface area contributed by atoms with Gasteiger partial charge in [-0.25, -0.2) is 4.39 Å². The molecule has 2 atom stereocenters. The highest BCUT2D eigenvalue weighted by atomic mass is 35.5. The van der Waals surface area contributed by atoms with E-state index in [2.05, 4.69) is 5.32 Å². The number of hydrogen-bond acceptors (Lipinski definition) is 2. The average molecular weight is 561 g/mol. The first-order chi connectivity index (χ1) is 16.0. The summed E-state index contributed by atoms with van der Waals surface area (Å²) in [5.74, 6) is -2.55. The maximum absolute atomic E-state index is 13.2. The van der Waals surface area contributed by atoms with Gasteiger partial charge in [-0.1, -0.05) is 34.8 Å². The minimum absolute atomic E-state index is 0.156. The van der Waals surface area contributed by atoms with Crippen molar-refractivity contribution < 1.29 is 14.0 Å². The Bertz CT molecular complexity index is 1260. The standard InChI is InChI=1S/C24H16Cl5FN2O2/c1-32(17-5-2-15(30)3-6-17)23(34)18-11-16(4-7-19(18)27)31-22(33)21-20(24(21,28)29)12-8-13(25)10-14(26)9-12/h2-11,20-21H,1H3,(H,31,33)/t20-,21+/m1/s1. The molecule has 0 bridgehead atoms. The Balaban J connectivity index is 1.53. The van der Waals surface area contributed by atoms with E-state index in [4.69, 9.17) is 58.0 Å². The maximum Gasteiger partial charge on any atom is 0.259 e. The van der Waals surface area contributed by atoms with Crippen LogP contribution in [-0.4, -0.2) is 23.2 Å². The SMILES string of the molecule is CN(C(=O)c1cc(NC(=O)[C@@H]2[C@@H](c3cc(Cl)cc(Cl)c3)C2(Cl)Cl)ccc1Cl)c1ccc(F)cc1. The minimum atomic E-state index is -1.34. The molecule has 3 aromatic rings. The first kappa shape index (κ1) is 25.1. The highest BCUT2D eigenvalue weighted by Crippen LogP contribution is 2.65. The Labute approximate surface area is 220 Å². The first-order valence-electron chi connectivity index (χ1n) is 9.97. The molecule has 0 saturated heterocycles. The molecule has 1 fully saturated rings. The molecule has 1 N–H and O–H groups in total. The number of nitrogens with zero attached hydrogens (tertiary/aromatic N) is 1. The number of benzene rings is 3. The highest BCUT2D eigenvalue weighted by molar-refractivity contribution is 6.53. The average Bonchev–Trinajstić information content (AvgIpc) is 3.36. The van der Waals surface area contributed by atoms with Gasteiger partial charge in [0.15, 0.2) is 0 Å². The van der Waals surface area contributed by atoms with E-state index >= 15 is 0 Å². The lowest BCUT2D eigenvalue weighted by Crippen LogP contribution is -2.26. The van der Waals surface area contributed by atoms with Crippen molar-refractivity contribution in [3.63, 3.8) is 0 Å². The molecule has 4 rings (SSSR count).